The quantitative estimate of drug-likeness (QED) is 0.699. The molecule has 3 rings (SSSR count). The summed E-state index contributed by atoms with van der Waals surface area (Å²) in [5, 5.41) is 6.42. The zero-order valence-electron chi connectivity index (χ0n) is 15.6. The van der Waals surface area contributed by atoms with Crippen LogP contribution in [0.5, 0.6) is 0 Å². The van der Waals surface area contributed by atoms with Crippen molar-refractivity contribution < 1.29 is 8.78 Å². The lowest BCUT2D eigenvalue weighted by atomic mass is 9.99. The molecule has 0 aliphatic carbocycles. The van der Waals surface area contributed by atoms with Crippen molar-refractivity contribution in [3.8, 4) is 0 Å². The molecule has 3 nitrogen and oxygen atoms in total. The van der Waals surface area contributed by atoms with Crippen molar-refractivity contribution >= 4 is 28.7 Å². The maximum atomic E-state index is 13.3. The van der Waals surface area contributed by atoms with Crippen LogP contribution in [0, 0.1) is 17.6 Å². The van der Waals surface area contributed by atoms with E-state index < -0.39 is 11.6 Å². The molecule has 0 amide bonds. The van der Waals surface area contributed by atoms with Crippen LogP contribution in [0.4, 0.5) is 20.2 Å². The molecule has 2 aromatic rings. The van der Waals surface area contributed by atoms with Crippen LogP contribution < -0.4 is 15.5 Å². The molecule has 1 aliphatic rings. The third-order valence-electron chi connectivity index (χ3n) is 4.94. The van der Waals surface area contributed by atoms with Crippen molar-refractivity contribution in [2.45, 2.75) is 32.7 Å². The van der Waals surface area contributed by atoms with Crippen molar-refractivity contribution in [3.05, 3.63) is 59.7 Å². The molecule has 2 atom stereocenters. The van der Waals surface area contributed by atoms with Gasteiger partial charge in [0.25, 0.3) is 0 Å². The van der Waals surface area contributed by atoms with E-state index in [1.807, 2.05) is 6.92 Å². The monoisotopic (exact) mass is 389 g/mol. The summed E-state index contributed by atoms with van der Waals surface area (Å²) in [6.45, 7) is 6.53. The number of hydrogen-bond acceptors (Lipinski definition) is 2. The van der Waals surface area contributed by atoms with Crippen molar-refractivity contribution in [2.75, 3.05) is 23.3 Å². The van der Waals surface area contributed by atoms with E-state index in [0.717, 1.165) is 36.7 Å². The summed E-state index contributed by atoms with van der Waals surface area (Å²) < 4.78 is 26.3. The second-order valence-electron chi connectivity index (χ2n) is 7.23. The predicted octanol–water partition coefficient (Wildman–Crippen LogP) is 5.25. The van der Waals surface area contributed by atoms with Gasteiger partial charge in [-0.1, -0.05) is 19.1 Å². The largest absolute Gasteiger partial charge is 0.371 e. The molecule has 0 unspecified atom stereocenters. The zero-order valence-corrected chi connectivity index (χ0v) is 16.5. The normalized spacial score (nSPS) is 18.1. The highest BCUT2D eigenvalue weighted by atomic mass is 32.1. The lowest BCUT2D eigenvalue weighted by molar-refractivity contribution is 0.447. The number of thiocarbonyl (C=S) groups is 1. The Labute approximate surface area is 164 Å². The van der Waals surface area contributed by atoms with Crippen LogP contribution in [0.2, 0.25) is 0 Å². The summed E-state index contributed by atoms with van der Waals surface area (Å²) in [5.41, 5.74) is 2.77. The number of halogens is 2. The molecule has 0 radical (unpaired) electrons. The van der Waals surface area contributed by atoms with E-state index in [4.69, 9.17) is 12.2 Å². The lowest BCUT2D eigenvalue weighted by Crippen LogP contribution is -2.34. The molecule has 0 saturated carbocycles. The van der Waals surface area contributed by atoms with Gasteiger partial charge in [-0.15, -0.1) is 0 Å². The fraction of sp³-hybridized carbons (Fsp3) is 0.381. The van der Waals surface area contributed by atoms with Gasteiger partial charge in [0.2, 0.25) is 0 Å². The van der Waals surface area contributed by atoms with Gasteiger partial charge in [-0.2, -0.15) is 0 Å². The second kappa shape index (κ2) is 8.65. The number of nitrogens with one attached hydrogen (secondary N) is 2. The topological polar surface area (TPSA) is 27.3 Å². The number of piperidine rings is 1. The molecule has 0 spiro atoms. The molecule has 144 valence electrons. The lowest BCUT2D eigenvalue weighted by Gasteiger charge is -2.33. The first-order valence-electron chi connectivity index (χ1n) is 9.30. The molecule has 2 N–H and O–H groups in total. The van der Waals surface area contributed by atoms with Gasteiger partial charge in [0, 0.05) is 30.5 Å². The minimum absolute atomic E-state index is 0.00961. The number of anilines is 2. The van der Waals surface area contributed by atoms with E-state index in [2.05, 4.69) is 46.7 Å². The molecule has 0 aromatic heterocycles. The van der Waals surface area contributed by atoms with Crippen molar-refractivity contribution in [2.24, 2.45) is 5.92 Å². The van der Waals surface area contributed by atoms with E-state index in [0.29, 0.717) is 10.8 Å². The molecule has 1 saturated heterocycles. The molecular formula is C21H25F2N3S. The van der Waals surface area contributed by atoms with E-state index in [1.54, 1.807) is 0 Å². The van der Waals surface area contributed by atoms with Crippen LogP contribution in [0.25, 0.3) is 0 Å². The zero-order chi connectivity index (χ0) is 19.4. The SMILES string of the molecule is C[C@H]1CCCN(c2ccc([C@@H](C)NC(=S)Nc3ccc(F)c(F)c3)cc2)C1. The third kappa shape index (κ3) is 5.16. The number of rotatable bonds is 4. The average molecular weight is 390 g/mol. The van der Waals surface area contributed by atoms with Crippen LogP contribution in [0.3, 0.4) is 0 Å². The van der Waals surface area contributed by atoms with E-state index in [-0.39, 0.29) is 6.04 Å². The summed E-state index contributed by atoms with van der Waals surface area (Å²) in [5.74, 6) is -1.05. The highest BCUT2D eigenvalue weighted by molar-refractivity contribution is 7.80. The maximum absolute atomic E-state index is 13.3. The molecule has 0 bridgehead atoms. The summed E-state index contributed by atoms with van der Waals surface area (Å²) in [6.07, 6.45) is 2.54. The first kappa shape index (κ1) is 19.5. The molecule has 6 heteroatoms. The summed E-state index contributed by atoms with van der Waals surface area (Å²) >= 11 is 5.28. The number of hydrogen-bond donors (Lipinski definition) is 2. The molecule has 1 aliphatic heterocycles. The van der Waals surface area contributed by atoms with Gasteiger partial charge >= 0.3 is 0 Å². The van der Waals surface area contributed by atoms with Crippen LogP contribution in [0.15, 0.2) is 42.5 Å². The summed E-state index contributed by atoms with van der Waals surface area (Å²) in [4.78, 5) is 2.44. The van der Waals surface area contributed by atoms with E-state index in [9.17, 15) is 8.78 Å². The Balaban J connectivity index is 1.57. The molecule has 27 heavy (non-hydrogen) atoms. The number of benzene rings is 2. The fourth-order valence-corrected chi connectivity index (χ4v) is 3.71. The maximum Gasteiger partial charge on any atom is 0.171 e. The standard InChI is InChI=1S/C21H25F2N3S/c1-14-4-3-11-26(13-14)18-8-5-16(6-9-18)15(2)24-21(27)25-17-7-10-19(22)20(23)12-17/h5-10,12,14-15H,3-4,11,13H2,1-2H3,(H2,24,25,27)/t14-,15+/m0/s1. The van der Waals surface area contributed by atoms with Gasteiger partial charge in [0.1, 0.15) is 0 Å². The van der Waals surface area contributed by atoms with Crippen molar-refractivity contribution in [1.82, 2.24) is 5.32 Å². The third-order valence-corrected chi connectivity index (χ3v) is 5.16. The molecule has 1 fully saturated rings. The van der Waals surface area contributed by atoms with Crippen LogP contribution in [-0.4, -0.2) is 18.2 Å². The Hall–Kier alpha value is -2.21. The first-order chi connectivity index (χ1) is 12.9. The van der Waals surface area contributed by atoms with E-state index >= 15 is 0 Å². The Morgan fingerprint density at radius 2 is 1.89 bits per heavy atom. The van der Waals surface area contributed by atoms with Gasteiger partial charge < -0.3 is 15.5 Å². The Bertz CT molecular complexity index is 795. The molecule has 1 heterocycles. The van der Waals surface area contributed by atoms with E-state index in [1.165, 1.54) is 24.6 Å². The minimum atomic E-state index is -0.904. The molecule has 2 aromatic carbocycles. The van der Waals surface area contributed by atoms with Crippen molar-refractivity contribution in [3.63, 3.8) is 0 Å². The van der Waals surface area contributed by atoms with Gasteiger partial charge in [-0.25, -0.2) is 8.78 Å². The Morgan fingerprint density at radius 1 is 1.15 bits per heavy atom. The summed E-state index contributed by atoms with van der Waals surface area (Å²) in [7, 11) is 0. The Morgan fingerprint density at radius 3 is 2.56 bits per heavy atom. The fourth-order valence-electron chi connectivity index (χ4n) is 3.42. The van der Waals surface area contributed by atoms with Gasteiger partial charge in [-0.3, -0.25) is 0 Å². The summed E-state index contributed by atoms with van der Waals surface area (Å²) in [6, 6.07) is 12.1. The van der Waals surface area contributed by atoms with Crippen LogP contribution in [-0.2, 0) is 0 Å². The molecular weight excluding hydrogens is 364 g/mol. The van der Waals surface area contributed by atoms with Gasteiger partial charge in [-0.05, 0) is 67.7 Å². The first-order valence-corrected chi connectivity index (χ1v) is 9.70. The van der Waals surface area contributed by atoms with Crippen LogP contribution >= 0.6 is 12.2 Å². The Kier molecular flexibility index (Phi) is 6.26. The average Bonchev–Trinajstić information content (AvgIpc) is 2.65. The minimum Gasteiger partial charge on any atom is -0.371 e. The predicted molar refractivity (Wildman–Crippen MR) is 111 cm³/mol. The highest BCUT2D eigenvalue weighted by Gasteiger charge is 2.17. The van der Waals surface area contributed by atoms with Gasteiger partial charge in [0.15, 0.2) is 16.7 Å². The van der Waals surface area contributed by atoms with Gasteiger partial charge in [0.05, 0.1) is 6.04 Å². The smallest absolute Gasteiger partial charge is 0.171 e. The van der Waals surface area contributed by atoms with Crippen LogP contribution in [0.1, 0.15) is 38.3 Å². The number of nitrogens with zero attached hydrogens (tertiary/aromatic N) is 1. The second-order valence-corrected chi connectivity index (χ2v) is 7.64. The highest BCUT2D eigenvalue weighted by Crippen LogP contribution is 2.24. The van der Waals surface area contributed by atoms with Crippen molar-refractivity contribution in [1.29, 1.82) is 0 Å².